The molecule has 0 aliphatic rings. The number of rotatable bonds is 5. The lowest BCUT2D eigenvalue weighted by molar-refractivity contribution is 0.313. The van der Waals surface area contributed by atoms with Crippen molar-refractivity contribution < 1.29 is 13.2 Å². The van der Waals surface area contributed by atoms with Crippen LogP contribution in [-0.4, -0.2) is 24.8 Å². The van der Waals surface area contributed by atoms with E-state index in [4.69, 9.17) is 21.5 Å². The Bertz CT molecular complexity index is 761. The zero-order chi connectivity index (χ0) is 15.6. The summed E-state index contributed by atoms with van der Waals surface area (Å²) in [5, 5.41) is 9.40. The summed E-state index contributed by atoms with van der Waals surface area (Å²) < 4.78 is 30.9. The molecule has 2 N–H and O–H groups in total. The number of nitrogens with zero attached hydrogens (tertiary/aromatic N) is 2. The van der Waals surface area contributed by atoms with Crippen molar-refractivity contribution in [3.63, 3.8) is 0 Å². The lowest BCUT2D eigenvalue weighted by Gasteiger charge is -2.12. The number of benzene rings is 1. The molecule has 1 aromatic heterocycles. The standard InChI is InChI=1S/C12H13BrClN3O3S/c1-17-7-8(6-16-17)2-3-20-12-10(14)4-9(13)5-11(12)21(15,18)19/h4-7H,2-3H2,1H3,(H2,15,18,19). The van der Waals surface area contributed by atoms with Crippen molar-refractivity contribution in [1.29, 1.82) is 0 Å². The van der Waals surface area contributed by atoms with Crippen LogP contribution in [-0.2, 0) is 23.5 Å². The molecule has 1 aromatic carbocycles. The van der Waals surface area contributed by atoms with E-state index in [-0.39, 0.29) is 22.3 Å². The van der Waals surface area contributed by atoms with E-state index in [1.54, 1.807) is 16.9 Å². The van der Waals surface area contributed by atoms with Crippen LogP contribution in [0.5, 0.6) is 5.75 Å². The van der Waals surface area contributed by atoms with Gasteiger partial charge in [0.25, 0.3) is 0 Å². The van der Waals surface area contributed by atoms with E-state index in [0.717, 1.165) is 5.56 Å². The van der Waals surface area contributed by atoms with Crippen LogP contribution >= 0.6 is 27.5 Å². The van der Waals surface area contributed by atoms with Gasteiger partial charge in [-0.05, 0) is 17.7 Å². The molecule has 2 rings (SSSR count). The summed E-state index contributed by atoms with van der Waals surface area (Å²) >= 11 is 9.21. The van der Waals surface area contributed by atoms with Crippen LogP contribution in [0.4, 0.5) is 0 Å². The van der Waals surface area contributed by atoms with E-state index >= 15 is 0 Å². The first kappa shape index (κ1) is 16.3. The molecular weight excluding hydrogens is 382 g/mol. The van der Waals surface area contributed by atoms with E-state index < -0.39 is 10.0 Å². The van der Waals surface area contributed by atoms with Crippen molar-refractivity contribution in [3.8, 4) is 5.75 Å². The molecule has 21 heavy (non-hydrogen) atoms. The third kappa shape index (κ3) is 4.19. The third-order valence-electron chi connectivity index (χ3n) is 2.68. The molecule has 0 unspecified atom stereocenters. The molecule has 0 radical (unpaired) electrons. The van der Waals surface area contributed by atoms with Gasteiger partial charge in [-0.25, -0.2) is 13.6 Å². The second kappa shape index (κ2) is 6.35. The molecule has 1 heterocycles. The van der Waals surface area contributed by atoms with Gasteiger partial charge in [-0.15, -0.1) is 0 Å². The Balaban J connectivity index is 2.19. The number of nitrogens with two attached hydrogens (primary N) is 1. The summed E-state index contributed by atoms with van der Waals surface area (Å²) in [6, 6.07) is 2.91. The number of aromatic nitrogens is 2. The Labute approximate surface area is 136 Å². The van der Waals surface area contributed by atoms with Gasteiger partial charge in [0.2, 0.25) is 10.0 Å². The topological polar surface area (TPSA) is 87.2 Å². The maximum atomic E-state index is 11.6. The summed E-state index contributed by atoms with van der Waals surface area (Å²) in [6.45, 7) is 0.259. The minimum absolute atomic E-state index is 0.0613. The maximum Gasteiger partial charge on any atom is 0.241 e. The van der Waals surface area contributed by atoms with Crippen LogP contribution in [0, 0.1) is 0 Å². The number of sulfonamides is 1. The van der Waals surface area contributed by atoms with Crippen molar-refractivity contribution in [2.45, 2.75) is 11.3 Å². The summed E-state index contributed by atoms with van der Waals surface area (Å²) in [4.78, 5) is -0.145. The fraction of sp³-hybridized carbons (Fsp3) is 0.250. The Morgan fingerprint density at radius 1 is 1.48 bits per heavy atom. The van der Waals surface area contributed by atoms with Gasteiger partial charge in [0.15, 0.2) is 5.75 Å². The van der Waals surface area contributed by atoms with E-state index in [1.165, 1.54) is 6.07 Å². The van der Waals surface area contributed by atoms with Crippen LogP contribution < -0.4 is 9.88 Å². The number of ether oxygens (including phenoxy) is 1. The van der Waals surface area contributed by atoms with Crippen molar-refractivity contribution in [1.82, 2.24) is 9.78 Å². The molecule has 6 nitrogen and oxygen atoms in total. The monoisotopic (exact) mass is 393 g/mol. The molecule has 0 aliphatic heterocycles. The smallest absolute Gasteiger partial charge is 0.241 e. The fourth-order valence-electron chi connectivity index (χ4n) is 1.76. The highest BCUT2D eigenvalue weighted by Gasteiger charge is 2.19. The zero-order valence-electron chi connectivity index (χ0n) is 11.1. The van der Waals surface area contributed by atoms with Gasteiger partial charge in [-0.1, -0.05) is 27.5 Å². The van der Waals surface area contributed by atoms with E-state index in [2.05, 4.69) is 21.0 Å². The number of hydrogen-bond acceptors (Lipinski definition) is 4. The first-order chi connectivity index (χ1) is 9.77. The third-order valence-corrected chi connectivity index (χ3v) is 4.33. The van der Waals surface area contributed by atoms with Gasteiger partial charge in [-0.3, -0.25) is 4.68 Å². The fourth-order valence-corrected chi connectivity index (χ4v) is 3.55. The highest BCUT2D eigenvalue weighted by atomic mass is 79.9. The maximum absolute atomic E-state index is 11.6. The van der Waals surface area contributed by atoms with Crippen LogP contribution in [0.2, 0.25) is 5.02 Å². The lowest BCUT2D eigenvalue weighted by Crippen LogP contribution is -2.15. The minimum Gasteiger partial charge on any atom is -0.490 e. The molecule has 0 spiro atoms. The Kier molecular flexibility index (Phi) is 4.92. The van der Waals surface area contributed by atoms with Crippen LogP contribution in [0.3, 0.4) is 0 Å². The molecule has 9 heteroatoms. The zero-order valence-corrected chi connectivity index (χ0v) is 14.2. The summed E-state index contributed by atoms with van der Waals surface area (Å²) in [6.07, 6.45) is 4.14. The lowest BCUT2D eigenvalue weighted by atomic mass is 10.3. The molecule has 0 atom stereocenters. The van der Waals surface area contributed by atoms with Crippen LogP contribution in [0.1, 0.15) is 5.56 Å². The van der Waals surface area contributed by atoms with Gasteiger partial charge in [0, 0.05) is 24.1 Å². The second-order valence-corrected chi connectivity index (χ2v) is 7.23. The first-order valence-corrected chi connectivity index (χ1v) is 8.61. The molecule has 0 bridgehead atoms. The summed E-state index contributed by atoms with van der Waals surface area (Å²) in [5.74, 6) is 0.0613. The van der Waals surface area contributed by atoms with E-state index in [1.807, 2.05) is 13.2 Å². The highest BCUT2D eigenvalue weighted by Crippen LogP contribution is 2.35. The van der Waals surface area contributed by atoms with Gasteiger partial charge >= 0.3 is 0 Å². The van der Waals surface area contributed by atoms with E-state index in [0.29, 0.717) is 10.9 Å². The average molecular weight is 395 g/mol. The molecule has 114 valence electrons. The Morgan fingerprint density at radius 3 is 2.76 bits per heavy atom. The minimum atomic E-state index is -3.93. The normalized spacial score (nSPS) is 11.6. The molecular formula is C12H13BrClN3O3S. The molecule has 0 aliphatic carbocycles. The second-order valence-electron chi connectivity index (χ2n) is 4.38. The number of primary sulfonamides is 1. The predicted octanol–water partition coefficient (Wildman–Crippen LogP) is 2.10. The van der Waals surface area contributed by atoms with Gasteiger partial charge in [0.1, 0.15) is 4.90 Å². The number of aryl methyl sites for hydroxylation is 1. The number of hydrogen-bond donors (Lipinski definition) is 1. The Hall–Kier alpha value is -1.09. The molecule has 0 amide bonds. The molecule has 0 fully saturated rings. The largest absolute Gasteiger partial charge is 0.490 e. The van der Waals surface area contributed by atoms with E-state index in [9.17, 15) is 8.42 Å². The SMILES string of the molecule is Cn1cc(CCOc2c(Cl)cc(Br)cc2S(N)(=O)=O)cn1. The molecule has 2 aromatic rings. The quantitative estimate of drug-likeness (QED) is 0.841. The van der Waals surface area contributed by atoms with Crippen molar-refractivity contribution in [2.75, 3.05) is 6.61 Å². The molecule has 0 saturated heterocycles. The van der Waals surface area contributed by atoms with Crippen molar-refractivity contribution in [2.24, 2.45) is 12.2 Å². The Morgan fingerprint density at radius 2 is 2.19 bits per heavy atom. The summed E-state index contributed by atoms with van der Waals surface area (Å²) in [5.41, 5.74) is 0.975. The van der Waals surface area contributed by atoms with Gasteiger partial charge in [-0.2, -0.15) is 5.10 Å². The van der Waals surface area contributed by atoms with Gasteiger partial charge in [0.05, 0.1) is 17.8 Å². The van der Waals surface area contributed by atoms with Crippen LogP contribution in [0.15, 0.2) is 33.9 Å². The van der Waals surface area contributed by atoms with Crippen LogP contribution in [0.25, 0.3) is 0 Å². The van der Waals surface area contributed by atoms with Gasteiger partial charge < -0.3 is 4.74 Å². The first-order valence-electron chi connectivity index (χ1n) is 5.89. The average Bonchev–Trinajstić information content (AvgIpc) is 2.76. The molecule has 0 saturated carbocycles. The highest BCUT2D eigenvalue weighted by molar-refractivity contribution is 9.10. The summed E-state index contributed by atoms with van der Waals surface area (Å²) in [7, 11) is -2.11. The van der Waals surface area contributed by atoms with Crippen molar-refractivity contribution >= 4 is 37.6 Å². The van der Waals surface area contributed by atoms with Crippen molar-refractivity contribution in [3.05, 3.63) is 39.6 Å². The number of halogens is 2. The predicted molar refractivity (Wildman–Crippen MR) is 82.9 cm³/mol.